The molecule has 0 amide bonds. The van der Waals surface area contributed by atoms with E-state index in [0.717, 1.165) is 39.5 Å². The second-order valence-corrected chi connectivity index (χ2v) is 5.85. The molecule has 0 fully saturated rings. The molecule has 0 aliphatic carbocycles. The predicted octanol–water partition coefficient (Wildman–Crippen LogP) is 4.84. The normalized spacial score (nSPS) is 10.4. The Bertz CT molecular complexity index is 767. The molecule has 0 saturated carbocycles. The summed E-state index contributed by atoms with van der Waals surface area (Å²) >= 11 is 0.748. The number of anilines is 1. The number of benzene rings is 2. The van der Waals surface area contributed by atoms with Gasteiger partial charge in [-0.1, -0.05) is 24.3 Å². The zero-order valence-electron chi connectivity index (χ0n) is 13.1. The number of nitrogens with one attached hydrogen (secondary N) is 1. The van der Waals surface area contributed by atoms with Gasteiger partial charge in [-0.25, -0.2) is 0 Å². The molecule has 0 saturated heterocycles. The van der Waals surface area contributed by atoms with Crippen molar-refractivity contribution in [1.82, 2.24) is 4.98 Å². The Labute approximate surface area is 145 Å². The molecule has 2 N–H and O–H groups in total. The molecule has 24 heavy (non-hydrogen) atoms. The van der Waals surface area contributed by atoms with Gasteiger partial charge in [0, 0.05) is 47.1 Å². The first-order chi connectivity index (χ1) is 11.8. The van der Waals surface area contributed by atoms with Crippen molar-refractivity contribution < 1.29 is 9.29 Å². The average Bonchev–Trinajstić information content (AvgIpc) is 2.66. The van der Waals surface area contributed by atoms with Crippen molar-refractivity contribution in [3.63, 3.8) is 0 Å². The second kappa shape index (κ2) is 8.38. The monoisotopic (exact) mass is 338 g/mol. The average molecular weight is 338 g/mol. The number of aromatic nitrogens is 1. The van der Waals surface area contributed by atoms with E-state index in [1.165, 1.54) is 0 Å². The van der Waals surface area contributed by atoms with Gasteiger partial charge in [0.05, 0.1) is 0 Å². The molecule has 1 heterocycles. The summed E-state index contributed by atoms with van der Waals surface area (Å²) in [6, 6.07) is 19.5. The van der Waals surface area contributed by atoms with Crippen molar-refractivity contribution in [2.75, 3.05) is 5.32 Å². The van der Waals surface area contributed by atoms with Crippen LogP contribution in [-0.2, 0) is 13.2 Å². The van der Waals surface area contributed by atoms with Gasteiger partial charge in [-0.3, -0.25) is 4.98 Å². The molecule has 0 atom stereocenters. The van der Waals surface area contributed by atoms with E-state index in [1.807, 2.05) is 60.7 Å². The molecule has 5 heteroatoms. The van der Waals surface area contributed by atoms with Crippen molar-refractivity contribution in [2.24, 2.45) is 0 Å². The Balaban J connectivity index is 1.68. The topological polar surface area (TPSA) is 54.4 Å². The Morgan fingerprint density at radius 2 is 1.92 bits per heavy atom. The second-order valence-electron chi connectivity index (χ2n) is 5.23. The molecular weight excluding hydrogens is 320 g/mol. The Morgan fingerprint density at radius 1 is 1.04 bits per heavy atom. The maximum atomic E-state index is 9.45. The molecule has 4 nitrogen and oxygen atoms in total. The summed E-state index contributed by atoms with van der Waals surface area (Å²) in [5, 5.41) is 3.35. The van der Waals surface area contributed by atoms with Gasteiger partial charge >= 0.3 is 0 Å². The number of pyridine rings is 1. The van der Waals surface area contributed by atoms with Crippen LogP contribution in [-0.4, -0.2) is 9.54 Å². The zero-order chi connectivity index (χ0) is 16.6. The van der Waals surface area contributed by atoms with Crippen LogP contribution in [0.15, 0.2) is 78.0 Å². The lowest BCUT2D eigenvalue weighted by Crippen LogP contribution is -2.02. The van der Waals surface area contributed by atoms with Gasteiger partial charge in [-0.2, -0.15) is 0 Å². The highest BCUT2D eigenvalue weighted by atomic mass is 32.2. The predicted molar refractivity (Wildman–Crippen MR) is 97.3 cm³/mol. The van der Waals surface area contributed by atoms with Crippen molar-refractivity contribution in [3.05, 3.63) is 84.2 Å². The SMILES string of the molecule is OSc1ccc(OCc2cccnc2)cc1CNc1ccccc1. The van der Waals surface area contributed by atoms with Gasteiger partial charge < -0.3 is 14.6 Å². The van der Waals surface area contributed by atoms with E-state index < -0.39 is 0 Å². The number of nitrogens with zero attached hydrogens (tertiary/aromatic N) is 1. The van der Waals surface area contributed by atoms with E-state index in [4.69, 9.17) is 4.74 Å². The van der Waals surface area contributed by atoms with Gasteiger partial charge in [0.1, 0.15) is 12.4 Å². The van der Waals surface area contributed by atoms with Crippen LogP contribution in [0.25, 0.3) is 0 Å². The number of hydrogen-bond acceptors (Lipinski definition) is 5. The van der Waals surface area contributed by atoms with Crippen molar-refractivity contribution in [1.29, 1.82) is 0 Å². The van der Waals surface area contributed by atoms with Gasteiger partial charge in [-0.05, 0) is 42.0 Å². The Hall–Kier alpha value is -2.50. The number of ether oxygens (including phenoxy) is 1. The summed E-state index contributed by atoms with van der Waals surface area (Å²) in [5.74, 6) is 0.765. The minimum absolute atomic E-state index is 0.463. The molecule has 2 aromatic carbocycles. The van der Waals surface area contributed by atoms with Crippen molar-refractivity contribution >= 4 is 17.7 Å². The number of para-hydroxylation sites is 1. The molecule has 0 aliphatic rings. The summed E-state index contributed by atoms with van der Waals surface area (Å²) < 4.78 is 15.3. The summed E-state index contributed by atoms with van der Waals surface area (Å²) in [7, 11) is 0. The quantitative estimate of drug-likeness (QED) is 0.604. The molecule has 3 aromatic rings. The summed E-state index contributed by atoms with van der Waals surface area (Å²) in [6.45, 7) is 1.07. The zero-order valence-corrected chi connectivity index (χ0v) is 13.9. The van der Waals surface area contributed by atoms with Gasteiger partial charge in [0.2, 0.25) is 0 Å². The molecule has 0 aliphatic heterocycles. The lowest BCUT2D eigenvalue weighted by atomic mass is 10.2. The molecule has 0 bridgehead atoms. The molecule has 0 spiro atoms. The maximum absolute atomic E-state index is 9.45. The summed E-state index contributed by atoms with van der Waals surface area (Å²) in [6.07, 6.45) is 3.53. The lowest BCUT2D eigenvalue weighted by molar-refractivity contribution is 0.305. The standard InChI is InChI=1S/C19H18N2O2S/c22-24-19-9-8-18(23-14-15-5-4-10-20-12-15)11-16(19)13-21-17-6-2-1-3-7-17/h1-12,21-22H,13-14H2. The van der Waals surface area contributed by atoms with Gasteiger partial charge in [0.15, 0.2) is 0 Å². The van der Waals surface area contributed by atoms with Crippen LogP contribution >= 0.6 is 12.0 Å². The van der Waals surface area contributed by atoms with Crippen molar-refractivity contribution in [3.8, 4) is 5.75 Å². The smallest absolute Gasteiger partial charge is 0.120 e. The Morgan fingerprint density at radius 3 is 2.67 bits per heavy atom. The highest BCUT2D eigenvalue weighted by Gasteiger charge is 2.06. The molecule has 3 rings (SSSR count). The summed E-state index contributed by atoms with van der Waals surface area (Å²) in [5.41, 5.74) is 3.03. The molecule has 0 radical (unpaired) electrons. The van der Waals surface area contributed by atoms with E-state index in [2.05, 4.69) is 10.3 Å². The van der Waals surface area contributed by atoms with Crippen LogP contribution in [0.4, 0.5) is 5.69 Å². The third kappa shape index (κ3) is 4.50. The molecule has 122 valence electrons. The largest absolute Gasteiger partial charge is 0.489 e. The van der Waals surface area contributed by atoms with E-state index in [-0.39, 0.29) is 0 Å². The van der Waals surface area contributed by atoms with Crippen LogP contribution in [0.1, 0.15) is 11.1 Å². The van der Waals surface area contributed by atoms with Crippen LogP contribution in [0.3, 0.4) is 0 Å². The molecular formula is C19H18N2O2S. The first kappa shape index (κ1) is 16.4. The van der Waals surface area contributed by atoms with Crippen LogP contribution in [0.2, 0.25) is 0 Å². The number of rotatable bonds is 7. The highest BCUT2D eigenvalue weighted by Crippen LogP contribution is 2.26. The fraction of sp³-hybridized carbons (Fsp3) is 0.105. The van der Waals surface area contributed by atoms with Crippen LogP contribution < -0.4 is 10.1 Å². The first-order valence-corrected chi connectivity index (χ1v) is 8.37. The van der Waals surface area contributed by atoms with E-state index >= 15 is 0 Å². The first-order valence-electron chi connectivity index (χ1n) is 7.60. The third-order valence-electron chi connectivity index (χ3n) is 3.52. The highest BCUT2D eigenvalue weighted by molar-refractivity contribution is 7.93. The molecule has 1 aromatic heterocycles. The minimum atomic E-state index is 0.463. The van der Waals surface area contributed by atoms with Crippen LogP contribution in [0.5, 0.6) is 5.75 Å². The van der Waals surface area contributed by atoms with Gasteiger partial charge in [0.25, 0.3) is 0 Å². The van der Waals surface area contributed by atoms with E-state index in [9.17, 15) is 4.55 Å². The number of hydrogen-bond donors (Lipinski definition) is 2. The fourth-order valence-corrected chi connectivity index (χ4v) is 2.65. The third-order valence-corrected chi connectivity index (χ3v) is 4.11. The van der Waals surface area contributed by atoms with Crippen molar-refractivity contribution in [2.45, 2.75) is 18.0 Å². The Kier molecular flexibility index (Phi) is 5.71. The maximum Gasteiger partial charge on any atom is 0.120 e. The van der Waals surface area contributed by atoms with Crippen LogP contribution in [0, 0.1) is 0 Å². The summed E-state index contributed by atoms with van der Waals surface area (Å²) in [4.78, 5) is 4.89. The van der Waals surface area contributed by atoms with E-state index in [0.29, 0.717) is 13.2 Å². The van der Waals surface area contributed by atoms with E-state index in [1.54, 1.807) is 12.4 Å². The fourth-order valence-electron chi connectivity index (χ4n) is 2.28. The molecule has 0 unspecified atom stereocenters. The lowest BCUT2D eigenvalue weighted by Gasteiger charge is -2.12. The minimum Gasteiger partial charge on any atom is -0.489 e. The van der Waals surface area contributed by atoms with Gasteiger partial charge in [-0.15, -0.1) is 0 Å².